The van der Waals surface area contributed by atoms with Crippen LogP contribution in [-0.2, 0) is 22.8 Å². The van der Waals surface area contributed by atoms with Gasteiger partial charge in [0.05, 0.1) is 17.7 Å². The molecule has 2 aromatic heterocycles. The van der Waals surface area contributed by atoms with Crippen LogP contribution in [0.2, 0.25) is 0 Å². The number of hydrogen-bond acceptors (Lipinski definition) is 3. The van der Waals surface area contributed by atoms with Crippen LogP contribution in [0.15, 0.2) is 54.7 Å². The molecule has 2 heterocycles. The van der Waals surface area contributed by atoms with Crippen LogP contribution in [0.3, 0.4) is 0 Å². The second-order valence-electron chi connectivity index (χ2n) is 7.69. The summed E-state index contributed by atoms with van der Waals surface area (Å²) in [5.74, 6) is 0.491. The van der Waals surface area contributed by atoms with E-state index in [9.17, 15) is 18.0 Å². The minimum Gasteiger partial charge on any atom is -0.310 e. The van der Waals surface area contributed by atoms with E-state index >= 15 is 0 Å². The van der Waals surface area contributed by atoms with Crippen LogP contribution in [-0.4, -0.2) is 20.7 Å². The van der Waals surface area contributed by atoms with Crippen molar-refractivity contribution in [1.82, 2.24) is 14.8 Å². The summed E-state index contributed by atoms with van der Waals surface area (Å²) < 4.78 is 40.2. The van der Waals surface area contributed by atoms with Gasteiger partial charge >= 0.3 is 6.18 Å². The Morgan fingerprint density at radius 3 is 2.45 bits per heavy atom. The first kappa shape index (κ1) is 20.6. The molecule has 0 saturated heterocycles. The molecule has 152 valence electrons. The number of nitrogens with one attached hydrogen (secondary N) is 1. The molecular formula is C21H21F3N4O. The molecule has 5 nitrogen and oxygen atoms in total. The molecule has 0 radical (unpaired) electrons. The number of pyridine rings is 1. The maximum atomic E-state index is 12.9. The largest absolute Gasteiger partial charge is 0.416 e. The fraction of sp³-hybridized carbons (Fsp3) is 0.286. The molecule has 0 aliphatic rings. The number of benzene rings is 1. The van der Waals surface area contributed by atoms with Crippen molar-refractivity contribution in [3.05, 3.63) is 71.5 Å². The lowest BCUT2D eigenvalue weighted by Crippen LogP contribution is -2.18. The zero-order valence-electron chi connectivity index (χ0n) is 16.3. The lowest BCUT2D eigenvalue weighted by molar-refractivity contribution is -0.137. The van der Waals surface area contributed by atoms with Gasteiger partial charge in [0, 0.05) is 17.7 Å². The molecule has 1 N–H and O–H groups in total. The predicted octanol–water partition coefficient (Wildman–Crippen LogP) is 4.76. The van der Waals surface area contributed by atoms with Crippen molar-refractivity contribution < 1.29 is 18.0 Å². The number of amides is 1. The summed E-state index contributed by atoms with van der Waals surface area (Å²) >= 11 is 0. The lowest BCUT2D eigenvalue weighted by atomic mass is 9.92. The third kappa shape index (κ3) is 5.01. The predicted molar refractivity (Wildman–Crippen MR) is 104 cm³/mol. The Hall–Kier alpha value is -3.16. The topological polar surface area (TPSA) is 59.8 Å². The number of rotatable bonds is 4. The first-order valence-electron chi connectivity index (χ1n) is 9.02. The van der Waals surface area contributed by atoms with Crippen molar-refractivity contribution in [2.24, 2.45) is 0 Å². The van der Waals surface area contributed by atoms with Gasteiger partial charge in [-0.1, -0.05) is 45.0 Å². The summed E-state index contributed by atoms with van der Waals surface area (Å²) in [5, 5.41) is 7.30. The molecule has 3 rings (SSSR count). The maximum absolute atomic E-state index is 12.9. The molecule has 1 aromatic carbocycles. The van der Waals surface area contributed by atoms with Gasteiger partial charge in [-0.15, -0.1) is 0 Å². The van der Waals surface area contributed by atoms with Crippen LogP contribution in [0.25, 0.3) is 5.82 Å². The summed E-state index contributed by atoms with van der Waals surface area (Å²) in [4.78, 5) is 16.8. The maximum Gasteiger partial charge on any atom is 0.416 e. The van der Waals surface area contributed by atoms with Gasteiger partial charge < -0.3 is 5.32 Å². The van der Waals surface area contributed by atoms with Crippen LogP contribution in [0.1, 0.15) is 37.6 Å². The molecule has 0 bridgehead atoms. The van der Waals surface area contributed by atoms with Crippen LogP contribution < -0.4 is 5.32 Å². The number of nitrogens with zero attached hydrogens (tertiary/aromatic N) is 3. The summed E-state index contributed by atoms with van der Waals surface area (Å²) in [7, 11) is 0. The summed E-state index contributed by atoms with van der Waals surface area (Å²) in [6.45, 7) is 5.98. The van der Waals surface area contributed by atoms with E-state index in [0.717, 1.165) is 17.8 Å². The quantitative estimate of drug-likeness (QED) is 0.684. The number of halogens is 3. The highest BCUT2D eigenvalue weighted by Crippen LogP contribution is 2.30. The normalized spacial score (nSPS) is 12.1. The molecule has 29 heavy (non-hydrogen) atoms. The number of carbonyl (C=O) groups is 1. The van der Waals surface area contributed by atoms with Crippen molar-refractivity contribution in [3.63, 3.8) is 0 Å². The zero-order chi connectivity index (χ0) is 21.2. The van der Waals surface area contributed by atoms with Gasteiger partial charge in [0.1, 0.15) is 5.82 Å². The van der Waals surface area contributed by atoms with E-state index in [2.05, 4.69) is 15.4 Å². The van der Waals surface area contributed by atoms with Crippen LogP contribution in [0, 0.1) is 0 Å². The highest BCUT2D eigenvalue weighted by molar-refractivity contribution is 5.91. The van der Waals surface area contributed by atoms with E-state index in [1.165, 1.54) is 16.8 Å². The third-order valence-corrected chi connectivity index (χ3v) is 4.23. The van der Waals surface area contributed by atoms with Crippen molar-refractivity contribution in [3.8, 4) is 5.82 Å². The van der Waals surface area contributed by atoms with E-state index in [0.29, 0.717) is 11.6 Å². The Morgan fingerprint density at radius 2 is 1.83 bits per heavy atom. The van der Waals surface area contributed by atoms with Gasteiger partial charge in [-0.05, 0) is 23.8 Å². The van der Waals surface area contributed by atoms with E-state index in [1.54, 1.807) is 30.5 Å². The van der Waals surface area contributed by atoms with E-state index in [-0.39, 0.29) is 17.4 Å². The molecular weight excluding hydrogens is 381 g/mol. The average Bonchev–Trinajstić information content (AvgIpc) is 3.06. The van der Waals surface area contributed by atoms with Gasteiger partial charge in [-0.2, -0.15) is 23.0 Å². The van der Waals surface area contributed by atoms with E-state index in [4.69, 9.17) is 0 Å². The number of carbonyl (C=O) groups excluding carboxylic acids is 1. The van der Waals surface area contributed by atoms with Crippen molar-refractivity contribution >= 4 is 11.7 Å². The Bertz CT molecular complexity index is 1000. The smallest absolute Gasteiger partial charge is 0.310 e. The van der Waals surface area contributed by atoms with E-state index < -0.39 is 17.6 Å². The molecule has 3 aromatic rings. The second kappa shape index (κ2) is 7.69. The monoisotopic (exact) mass is 402 g/mol. The highest BCUT2D eigenvalue weighted by atomic mass is 19.4. The molecule has 0 atom stereocenters. The fourth-order valence-electron chi connectivity index (χ4n) is 2.72. The summed E-state index contributed by atoms with van der Waals surface area (Å²) in [6, 6.07) is 11.8. The Balaban J connectivity index is 1.86. The molecule has 0 spiro atoms. The minimum atomic E-state index is -4.45. The number of alkyl halides is 3. The first-order valence-corrected chi connectivity index (χ1v) is 9.02. The minimum absolute atomic E-state index is 0.192. The van der Waals surface area contributed by atoms with Crippen LogP contribution in [0.5, 0.6) is 0 Å². The van der Waals surface area contributed by atoms with Crippen LogP contribution in [0.4, 0.5) is 19.0 Å². The highest BCUT2D eigenvalue weighted by Gasteiger charge is 2.30. The van der Waals surface area contributed by atoms with Gasteiger partial charge in [0.2, 0.25) is 5.91 Å². The molecule has 0 saturated carbocycles. The van der Waals surface area contributed by atoms with Gasteiger partial charge in [0.25, 0.3) is 0 Å². The summed E-state index contributed by atoms with van der Waals surface area (Å²) in [6.07, 6.45) is -3.03. The molecule has 0 fully saturated rings. The molecule has 0 aliphatic heterocycles. The fourth-order valence-corrected chi connectivity index (χ4v) is 2.72. The molecule has 0 aliphatic carbocycles. The van der Waals surface area contributed by atoms with Crippen molar-refractivity contribution in [2.75, 3.05) is 5.32 Å². The Labute approximate surface area is 166 Å². The molecule has 0 unspecified atom stereocenters. The number of aromatic nitrogens is 3. The summed E-state index contributed by atoms with van der Waals surface area (Å²) in [5.41, 5.74) is -0.0215. The molecule has 8 heteroatoms. The Kier molecular flexibility index (Phi) is 5.46. The van der Waals surface area contributed by atoms with Crippen LogP contribution >= 0.6 is 0 Å². The average molecular weight is 402 g/mol. The first-order chi connectivity index (χ1) is 13.5. The number of anilines is 1. The van der Waals surface area contributed by atoms with Crippen molar-refractivity contribution in [1.29, 1.82) is 0 Å². The van der Waals surface area contributed by atoms with Gasteiger partial charge in [-0.25, -0.2) is 4.98 Å². The SMILES string of the molecule is CC(C)(C)c1cc(NC(=O)Cc2cccc(C(F)(F)F)c2)n(-c2ccccn2)n1. The molecule has 1 amide bonds. The second-order valence-corrected chi connectivity index (χ2v) is 7.69. The standard InChI is InChI=1S/C21H21F3N4O/c1-20(2,3)16-13-18(28(27-16)17-9-4-5-10-25-17)26-19(29)12-14-7-6-8-15(11-14)21(22,23)24/h4-11,13H,12H2,1-3H3,(H,26,29). The Morgan fingerprint density at radius 1 is 1.07 bits per heavy atom. The zero-order valence-corrected chi connectivity index (χ0v) is 16.3. The number of hydrogen-bond donors (Lipinski definition) is 1. The lowest BCUT2D eigenvalue weighted by Gasteiger charge is -2.13. The third-order valence-electron chi connectivity index (χ3n) is 4.23. The van der Waals surface area contributed by atoms with Crippen molar-refractivity contribution in [2.45, 2.75) is 38.8 Å². The van der Waals surface area contributed by atoms with E-state index in [1.807, 2.05) is 20.8 Å². The van der Waals surface area contributed by atoms with Gasteiger partial charge in [-0.3, -0.25) is 4.79 Å². The van der Waals surface area contributed by atoms with Gasteiger partial charge in [0.15, 0.2) is 5.82 Å².